The summed E-state index contributed by atoms with van der Waals surface area (Å²) in [7, 11) is 0. The molecule has 3 heteroatoms. The van der Waals surface area contributed by atoms with Crippen molar-refractivity contribution in [1.82, 2.24) is 5.01 Å². The average Bonchev–Trinajstić information content (AvgIpc) is 3.05. The van der Waals surface area contributed by atoms with Gasteiger partial charge in [-0.3, -0.25) is 9.80 Å². The van der Waals surface area contributed by atoms with Crippen molar-refractivity contribution in [2.24, 2.45) is 40.3 Å². The van der Waals surface area contributed by atoms with Gasteiger partial charge in [0.15, 0.2) is 0 Å². The van der Waals surface area contributed by atoms with E-state index < -0.39 is 0 Å². The lowest BCUT2D eigenvalue weighted by molar-refractivity contribution is -0.147. The topological polar surface area (TPSA) is 46.3 Å². The van der Waals surface area contributed by atoms with Gasteiger partial charge in [-0.2, -0.15) is 0 Å². The number of fused-ring (bicyclic) bond motifs is 5. The number of nitrogens with zero attached hydrogens (tertiary/aromatic N) is 1. The van der Waals surface area contributed by atoms with Gasteiger partial charge in [0, 0.05) is 5.92 Å². The van der Waals surface area contributed by atoms with Crippen molar-refractivity contribution in [3.8, 4) is 12.8 Å². The Balaban J connectivity index is 0.00000124. The molecule has 166 valence electrons. The molecule has 3 nitrogen and oxygen atoms in total. The minimum absolute atomic E-state index is 0.0920. The molecule has 5 unspecified atom stereocenters. The lowest BCUT2D eigenvalue weighted by atomic mass is 9.48. The second-order valence-corrected chi connectivity index (χ2v) is 11.7. The number of hydrazine groups is 1. The third kappa shape index (κ3) is 3.46. The molecule has 4 aliphatic rings. The van der Waals surface area contributed by atoms with E-state index in [2.05, 4.69) is 45.8 Å². The van der Waals surface area contributed by atoms with Crippen LogP contribution < -0.4 is 5.84 Å². The Morgan fingerprint density at radius 3 is 2.43 bits per heavy atom. The first kappa shape index (κ1) is 23.1. The summed E-state index contributed by atoms with van der Waals surface area (Å²) in [6, 6.07) is 0. The van der Waals surface area contributed by atoms with E-state index in [-0.39, 0.29) is 22.8 Å². The molecular formula is C27H42N2O. The minimum atomic E-state index is -0.315. The van der Waals surface area contributed by atoms with E-state index in [0.29, 0.717) is 11.3 Å². The fraction of sp³-hybridized carbons (Fsp3) is 0.741. The highest BCUT2D eigenvalue weighted by Gasteiger charge is 2.60. The van der Waals surface area contributed by atoms with Crippen molar-refractivity contribution >= 4 is 5.91 Å². The van der Waals surface area contributed by atoms with E-state index in [1.54, 1.807) is 11.1 Å². The maximum absolute atomic E-state index is 13.3. The van der Waals surface area contributed by atoms with Gasteiger partial charge in [-0.15, -0.1) is 12.8 Å². The Morgan fingerprint density at radius 1 is 1.13 bits per heavy atom. The summed E-state index contributed by atoms with van der Waals surface area (Å²) < 4.78 is 0. The van der Waals surface area contributed by atoms with Gasteiger partial charge >= 0.3 is 0 Å². The Bertz CT molecular complexity index is 769. The van der Waals surface area contributed by atoms with Gasteiger partial charge in [-0.05, 0) is 107 Å². The van der Waals surface area contributed by atoms with Crippen LogP contribution >= 0.6 is 0 Å². The fourth-order valence-electron chi connectivity index (χ4n) is 7.37. The normalized spacial score (nSPS) is 39.9. The van der Waals surface area contributed by atoms with Crippen molar-refractivity contribution < 1.29 is 4.79 Å². The molecule has 2 saturated carbocycles. The number of rotatable bonds is 1. The first-order chi connectivity index (χ1) is 14.0. The van der Waals surface area contributed by atoms with Crippen LogP contribution in [0.25, 0.3) is 0 Å². The summed E-state index contributed by atoms with van der Waals surface area (Å²) in [5.41, 5.74) is 3.29. The molecule has 0 radical (unpaired) electrons. The highest BCUT2D eigenvalue weighted by molar-refractivity contribution is 5.80. The monoisotopic (exact) mass is 410 g/mol. The number of hydrogen-bond donors (Lipinski definition) is 1. The van der Waals surface area contributed by atoms with Crippen LogP contribution in [0.1, 0.15) is 86.5 Å². The average molecular weight is 411 g/mol. The van der Waals surface area contributed by atoms with Crippen LogP contribution in [0.15, 0.2) is 23.3 Å². The van der Waals surface area contributed by atoms with Gasteiger partial charge in [0.2, 0.25) is 5.91 Å². The molecule has 0 saturated heterocycles. The van der Waals surface area contributed by atoms with Crippen LogP contribution in [0.3, 0.4) is 0 Å². The first-order valence-electron chi connectivity index (χ1n) is 11.8. The standard InChI is InChI=1S/C25H40N2O.C2H2/c1-16-11-13-24(5)17(15-16)7-8-18-19-9-10-21(22(28)27(26)23(2,3)4)25(19,6)14-12-20(18)24;1-2/h7,15,18-21H,8-14,26H2,1-6H3;1-2H/t18?,19?,20?,21-,24?,25?;/m1./s1. The van der Waals surface area contributed by atoms with Crippen LogP contribution in [0.2, 0.25) is 0 Å². The van der Waals surface area contributed by atoms with Crippen molar-refractivity contribution in [2.45, 2.75) is 92.0 Å². The quantitative estimate of drug-likeness (QED) is 0.254. The van der Waals surface area contributed by atoms with Gasteiger partial charge < -0.3 is 0 Å². The molecule has 6 atom stereocenters. The second-order valence-electron chi connectivity index (χ2n) is 11.7. The second kappa shape index (κ2) is 7.86. The van der Waals surface area contributed by atoms with E-state index in [4.69, 9.17) is 5.84 Å². The van der Waals surface area contributed by atoms with Gasteiger partial charge in [-0.25, -0.2) is 5.84 Å². The molecule has 30 heavy (non-hydrogen) atoms. The molecule has 0 spiro atoms. The lowest BCUT2D eigenvalue weighted by Gasteiger charge is -2.57. The number of terminal acetylenes is 1. The van der Waals surface area contributed by atoms with Crippen LogP contribution in [0, 0.1) is 47.3 Å². The van der Waals surface area contributed by atoms with Gasteiger partial charge in [0.25, 0.3) is 0 Å². The summed E-state index contributed by atoms with van der Waals surface area (Å²) in [5.74, 6) is 8.71. The Morgan fingerprint density at radius 2 is 1.80 bits per heavy atom. The van der Waals surface area contributed by atoms with Crippen molar-refractivity contribution in [2.75, 3.05) is 0 Å². The smallest absolute Gasteiger partial charge is 0.240 e. The minimum Gasteiger partial charge on any atom is -0.275 e. The molecule has 0 aromatic heterocycles. The summed E-state index contributed by atoms with van der Waals surface area (Å²) in [4.78, 5) is 13.3. The largest absolute Gasteiger partial charge is 0.275 e. The van der Waals surface area contributed by atoms with Crippen LogP contribution in [0.5, 0.6) is 0 Å². The van der Waals surface area contributed by atoms with Crippen molar-refractivity contribution in [1.29, 1.82) is 0 Å². The lowest BCUT2D eigenvalue weighted by Crippen LogP contribution is -2.56. The maximum atomic E-state index is 13.3. The van der Waals surface area contributed by atoms with E-state index in [9.17, 15) is 4.79 Å². The number of carbonyl (C=O) groups is 1. The molecule has 4 rings (SSSR count). The van der Waals surface area contributed by atoms with Gasteiger partial charge in [0.1, 0.15) is 0 Å². The molecule has 0 aromatic rings. The Hall–Kier alpha value is -1.53. The van der Waals surface area contributed by atoms with E-state index >= 15 is 0 Å². The third-order valence-corrected chi connectivity index (χ3v) is 9.22. The zero-order valence-corrected chi connectivity index (χ0v) is 20.0. The molecule has 0 aliphatic heterocycles. The SMILES string of the molecule is C#C.CC1=CC2=CCC3C(CCC4(C)C3CC[C@@H]4C(=O)N(N)C(C)(C)C)C2(C)CC1. The molecule has 0 heterocycles. The molecular weight excluding hydrogens is 368 g/mol. The Kier molecular flexibility index (Phi) is 6.07. The van der Waals surface area contributed by atoms with Crippen LogP contribution in [0.4, 0.5) is 0 Å². The van der Waals surface area contributed by atoms with Gasteiger partial charge in [-0.1, -0.05) is 31.6 Å². The predicted octanol–water partition coefficient (Wildman–Crippen LogP) is 5.87. The molecule has 4 aliphatic carbocycles. The summed E-state index contributed by atoms with van der Waals surface area (Å²) >= 11 is 0. The maximum Gasteiger partial charge on any atom is 0.240 e. The highest BCUT2D eigenvalue weighted by Crippen LogP contribution is 2.66. The summed E-state index contributed by atoms with van der Waals surface area (Å²) in [6.07, 6.45) is 21.4. The van der Waals surface area contributed by atoms with Crippen molar-refractivity contribution in [3.05, 3.63) is 23.3 Å². The zero-order chi connectivity index (χ0) is 22.5. The number of allylic oxidation sites excluding steroid dienone is 4. The molecule has 0 bridgehead atoms. The van der Waals surface area contributed by atoms with E-state index in [0.717, 1.165) is 18.3 Å². The van der Waals surface area contributed by atoms with Crippen LogP contribution in [-0.2, 0) is 4.79 Å². The number of nitrogens with two attached hydrogens (primary N) is 1. The summed E-state index contributed by atoms with van der Waals surface area (Å²) in [5, 5.41) is 1.52. The van der Waals surface area contributed by atoms with Crippen LogP contribution in [-0.4, -0.2) is 16.5 Å². The highest BCUT2D eigenvalue weighted by atomic mass is 16.2. The molecule has 2 fully saturated rings. The zero-order valence-electron chi connectivity index (χ0n) is 20.0. The van der Waals surface area contributed by atoms with Crippen molar-refractivity contribution in [3.63, 3.8) is 0 Å². The van der Waals surface area contributed by atoms with E-state index in [1.807, 2.05) is 20.8 Å². The predicted molar refractivity (Wildman–Crippen MR) is 125 cm³/mol. The van der Waals surface area contributed by atoms with Gasteiger partial charge in [0.05, 0.1) is 5.54 Å². The Labute approximate surface area is 184 Å². The number of amides is 1. The first-order valence-corrected chi connectivity index (χ1v) is 11.8. The molecule has 0 aromatic carbocycles. The molecule has 2 N–H and O–H groups in total. The number of carbonyl (C=O) groups excluding carboxylic acids is 1. The van der Waals surface area contributed by atoms with E-state index in [1.165, 1.54) is 43.5 Å². The summed E-state index contributed by atoms with van der Waals surface area (Å²) in [6.45, 7) is 13.3. The molecule has 1 amide bonds. The fourth-order valence-corrected chi connectivity index (χ4v) is 7.37. The third-order valence-electron chi connectivity index (χ3n) is 9.22. The number of hydrogen-bond acceptors (Lipinski definition) is 2.